The number of nitrogens with one attached hydrogen (secondary N) is 2. The van der Waals surface area contributed by atoms with Crippen molar-refractivity contribution in [2.24, 2.45) is 0 Å². The molecule has 11 heteroatoms. The number of amides is 1. The zero-order valence-electron chi connectivity index (χ0n) is 19.6. The lowest BCUT2D eigenvalue weighted by Gasteiger charge is -2.37. The molecule has 0 spiro atoms. The average Bonchev–Trinajstić information content (AvgIpc) is 3.43. The molecular formula is C22H32ClN5O5. The topological polar surface area (TPSA) is 123 Å². The van der Waals surface area contributed by atoms with Crippen molar-refractivity contribution in [3.63, 3.8) is 0 Å². The van der Waals surface area contributed by atoms with Crippen molar-refractivity contribution in [1.82, 2.24) is 20.3 Å². The summed E-state index contributed by atoms with van der Waals surface area (Å²) in [5.41, 5.74) is 0.939. The Morgan fingerprint density at radius 1 is 1.27 bits per heavy atom. The maximum atomic E-state index is 12.7. The van der Waals surface area contributed by atoms with Gasteiger partial charge in [-0.05, 0) is 19.3 Å². The van der Waals surface area contributed by atoms with Crippen molar-refractivity contribution in [3.8, 4) is 0 Å². The van der Waals surface area contributed by atoms with Crippen LogP contribution in [0.3, 0.4) is 0 Å². The largest absolute Gasteiger partial charge is 0.461 e. The number of unbranched alkanes of at least 4 members (excludes halogenated alkanes) is 1. The molecule has 1 fully saturated rings. The normalized spacial score (nSPS) is 18.4. The molecule has 0 aromatic carbocycles. The highest BCUT2D eigenvalue weighted by Gasteiger charge is 2.34. The van der Waals surface area contributed by atoms with E-state index < -0.39 is 5.97 Å². The Kier molecular flexibility index (Phi) is 8.74. The van der Waals surface area contributed by atoms with E-state index in [-0.39, 0.29) is 29.6 Å². The summed E-state index contributed by atoms with van der Waals surface area (Å²) in [5.74, 6) is -0.124. The quantitative estimate of drug-likeness (QED) is 0.392. The van der Waals surface area contributed by atoms with E-state index in [4.69, 9.17) is 25.5 Å². The monoisotopic (exact) mass is 481 g/mol. The van der Waals surface area contributed by atoms with E-state index in [1.165, 1.54) is 0 Å². The summed E-state index contributed by atoms with van der Waals surface area (Å²) in [6.45, 7) is 7.23. The summed E-state index contributed by atoms with van der Waals surface area (Å²) in [6.07, 6.45) is 3.21. The van der Waals surface area contributed by atoms with Crippen LogP contribution in [0.2, 0.25) is 5.15 Å². The predicted octanol–water partition coefficient (Wildman–Crippen LogP) is 3.16. The molecule has 1 amide bonds. The summed E-state index contributed by atoms with van der Waals surface area (Å²) < 4.78 is 16.8. The van der Waals surface area contributed by atoms with Gasteiger partial charge >= 0.3 is 5.97 Å². The van der Waals surface area contributed by atoms with Crippen molar-refractivity contribution in [2.45, 2.75) is 65.0 Å². The predicted molar refractivity (Wildman–Crippen MR) is 123 cm³/mol. The summed E-state index contributed by atoms with van der Waals surface area (Å²) in [5, 5.41) is 3.29. The second kappa shape index (κ2) is 11.5. The summed E-state index contributed by atoms with van der Waals surface area (Å²) in [7, 11) is 1.59. The van der Waals surface area contributed by atoms with Crippen molar-refractivity contribution >= 4 is 29.5 Å². The van der Waals surface area contributed by atoms with Crippen LogP contribution in [0, 0.1) is 0 Å². The second-order valence-electron chi connectivity index (χ2n) is 7.91. The molecule has 3 rings (SSSR count). The molecule has 10 nitrogen and oxygen atoms in total. The number of aromatic nitrogens is 3. The Balaban J connectivity index is 1.66. The number of hydrogen-bond donors (Lipinski definition) is 2. The highest BCUT2D eigenvalue weighted by atomic mass is 35.5. The maximum absolute atomic E-state index is 12.7. The molecule has 2 aromatic heterocycles. The first-order chi connectivity index (χ1) is 15.9. The summed E-state index contributed by atoms with van der Waals surface area (Å²) in [4.78, 5) is 38.5. The third-order valence-corrected chi connectivity index (χ3v) is 5.99. The molecule has 2 aromatic rings. The molecule has 0 saturated carbocycles. The zero-order chi connectivity index (χ0) is 24.0. The molecule has 0 radical (unpaired) electrons. The van der Waals surface area contributed by atoms with E-state index in [0.29, 0.717) is 55.9 Å². The number of anilines is 1. The van der Waals surface area contributed by atoms with Gasteiger partial charge in [-0.15, -0.1) is 0 Å². The minimum absolute atomic E-state index is 0.181. The number of piperidine rings is 1. The average molecular weight is 482 g/mol. The van der Waals surface area contributed by atoms with Crippen molar-refractivity contribution in [1.29, 1.82) is 0 Å². The van der Waals surface area contributed by atoms with Gasteiger partial charge in [0, 0.05) is 20.1 Å². The fraction of sp³-hybridized carbons (Fsp3) is 0.636. The number of esters is 1. The lowest BCUT2D eigenvalue weighted by atomic mass is 10.0. The van der Waals surface area contributed by atoms with Crippen LogP contribution < -0.4 is 10.2 Å². The van der Waals surface area contributed by atoms with Crippen LogP contribution in [0.15, 0.2) is 4.42 Å². The lowest BCUT2D eigenvalue weighted by molar-refractivity contribution is 0.0490. The van der Waals surface area contributed by atoms with E-state index in [2.05, 4.69) is 20.3 Å². The van der Waals surface area contributed by atoms with Gasteiger partial charge in [-0.25, -0.2) is 9.78 Å². The van der Waals surface area contributed by atoms with Crippen LogP contribution in [0.25, 0.3) is 0 Å². The fourth-order valence-corrected chi connectivity index (χ4v) is 3.98. The molecule has 0 bridgehead atoms. The molecule has 2 atom stereocenters. The molecule has 2 N–H and O–H groups in total. The van der Waals surface area contributed by atoms with Gasteiger partial charge in [0.2, 0.25) is 0 Å². The molecule has 33 heavy (non-hydrogen) atoms. The first-order valence-corrected chi connectivity index (χ1v) is 11.8. The van der Waals surface area contributed by atoms with Crippen molar-refractivity contribution in [3.05, 3.63) is 28.1 Å². The van der Waals surface area contributed by atoms with Gasteiger partial charge in [0.25, 0.3) is 11.9 Å². The highest BCUT2D eigenvalue weighted by Crippen LogP contribution is 2.25. The third-order valence-electron chi connectivity index (χ3n) is 5.68. The lowest BCUT2D eigenvalue weighted by Crippen LogP contribution is -2.55. The number of aryl methyl sites for hydroxylation is 2. The molecular weight excluding hydrogens is 450 g/mol. The van der Waals surface area contributed by atoms with Crippen LogP contribution in [0.5, 0.6) is 0 Å². The van der Waals surface area contributed by atoms with E-state index in [1.807, 2.05) is 25.7 Å². The number of carbonyl (C=O) groups is 2. The first kappa shape index (κ1) is 25.0. The highest BCUT2D eigenvalue weighted by molar-refractivity contribution is 6.30. The van der Waals surface area contributed by atoms with Crippen LogP contribution in [0.1, 0.15) is 72.6 Å². The van der Waals surface area contributed by atoms with Crippen LogP contribution >= 0.6 is 11.6 Å². The number of ether oxygens (including phenoxy) is 2. The molecule has 1 aliphatic heterocycles. The van der Waals surface area contributed by atoms with Gasteiger partial charge < -0.3 is 29.1 Å². The smallest absolute Gasteiger partial charge is 0.360 e. The van der Waals surface area contributed by atoms with Gasteiger partial charge in [0.1, 0.15) is 5.76 Å². The van der Waals surface area contributed by atoms with Crippen molar-refractivity contribution in [2.75, 3.05) is 31.7 Å². The van der Waals surface area contributed by atoms with Gasteiger partial charge in [0.05, 0.1) is 31.0 Å². The van der Waals surface area contributed by atoms with E-state index in [1.54, 1.807) is 7.11 Å². The Morgan fingerprint density at radius 3 is 2.70 bits per heavy atom. The number of aromatic amines is 1. The third kappa shape index (κ3) is 5.86. The Bertz CT molecular complexity index is 959. The minimum Gasteiger partial charge on any atom is -0.461 e. The van der Waals surface area contributed by atoms with Gasteiger partial charge in [-0.3, -0.25) is 4.79 Å². The Morgan fingerprint density at radius 2 is 2.06 bits per heavy atom. The van der Waals surface area contributed by atoms with Crippen molar-refractivity contribution < 1.29 is 23.5 Å². The van der Waals surface area contributed by atoms with E-state index in [9.17, 15) is 9.59 Å². The zero-order valence-corrected chi connectivity index (χ0v) is 20.3. The number of carbonyl (C=O) groups excluding carboxylic acids is 2. The number of nitrogens with zero attached hydrogens (tertiary/aromatic N) is 3. The maximum Gasteiger partial charge on any atom is 0.360 e. The first-order valence-electron chi connectivity index (χ1n) is 11.4. The number of rotatable bonds is 10. The molecule has 1 aliphatic rings. The van der Waals surface area contributed by atoms with Crippen LogP contribution in [-0.2, 0) is 22.3 Å². The number of imidazole rings is 1. The molecule has 0 aliphatic carbocycles. The molecule has 182 valence electrons. The molecule has 1 saturated heterocycles. The van der Waals surface area contributed by atoms with E-state index in [0.717, 1.165) is 18.5 Å². The number of halogens is 1. The van der Waals surface area contributed by atoms with Gasteiger partial charge in [0.15, 0.2) is 16.7 Å². The molecule has 3 heterocycles. The standard InChI is InChI=1S/C22H32ClN5O5/c1-5-8-11-32-21(30)17-15(7-3)33-22(26-17)28-10-9-14(16(12-28)31-4)25-20(29)19-24-13(6-2)18(23)27-19/h14,16H,5-12H2,1-4H3,(H,24,27)(H,25,29). The fourth-order valence-electron chi connectivity index (χ4n) is 3.71. The minimum atomic E-state index is -0.468. The number of hydrogen-bond acceptors (Lipinski definition) is 8. The van der Waals surface area contributed by atoms with Gasteiger partial charge in [-0.1, -0.05) is 38.8 Å². The summed E-state index contributed by atoms with van der Waals surface area (Å²) in [6, 6.07) is 0.123. The van der Waals surface area contributed by atoms with E-state index >= 15 is 0 Å². The SMILES string of the molecule is CCCCOC(=O)c1nc(N2CCC(NC(=O)c3nc(Cl)c(CC)[nH]3)C(OC)C2)oc1CC. The van der Waals surface area contributed by atoms with Crippen LogP contribution in [-0.4, -0.2) is 65.8 Å². The number of oxazole rings is 1. The Hall–Kier alpha value is -2.59. The second-order valence-corrected chi connectivity index (χ2v) is 8.27. The summed E-state index contributed by atoms with van der Waals surface area (Å²) >= 11 is 6.06. The Labute approximate surface area is 198 Å². The van der Waals surface area contributed by atoms with Gasteiger partial charge in [-0.2, -0.15) is 4.98 Å². The number of methoxy groups -OCH3 is 1. The van der Waals surface area contributed by atoms with Crippen LogP contribution in [0.4, 0.5) is 6.01 Å². The number of H-pyrrole nitrogens is 1. The molecule has 2 unspecified atom stereocenters.